The topological polar surface area (TPSA) is 0 Å². The van der Waals surface area contributed by atoms with Gasteiger partial charge >= 0.3 is 0 Å². The SMILES string of the molecule is Cc1ccc(C(Br)c2cc(Br)ccc2Br)cc1Br. The van der Waals surface area contributed by atoms with Crippen LogP contribution >= 0.6 is 63.7 Å². The summed E-state index contributed by atoms with van der Waals surface area (Å²) < 4.78 is 3.32. The third-order valence-electron chi connectivity index (χ3n) is 2.72. The van der Waals surface area contributed by atoms with Crippen LogP contribution in [0.1, 0.15) is 21.5 Å². The van der Waals surface area contributed by atoms with E-state index in [1.54, 1.807) is 0 Å². The molecule has 2 aromatic carbocycles. The highest BCUT2D eigenvalue weighted by molar-refractivity contribution is 9.11. The van der Waals surface area contributed by atoms with Crippen LogP contribution in [-0.4, -0.2) is 0 Å². The number of halogens is 4. The van der Waals surface area contributed by atoms with Crippen molar-refractivity contribution in [2.75, 3.05) is 0 Å². The van der Waals surface area contributed by atoms with Gasteiger partial charge in [-0.15, -0.1) is 0 Å². The minimum absolute atomic E-state index is 0.168. The van der Waals surface area contributed by atoms with Crippen molar-refractivity contribution in [3.05, 3.63) is 66.5 Å². The van der Waals surface area contributed by atoms with Gasteiger partial charge in [-0.3, -0.25) is 0 Å². The van der Waals surface area contributed by atoms with E-state index in [2.05, 4.69) is 101 Å². The van der Waals surface area contributed by atoms with Crippen LogP contribution in [-0.2, 0) is 0 Å². The number of rotatable bonds is 2. The van der Waals surface area contributed by atoms with Gasteiger partial charge in [0.1, 0.15) is 0 Å². The molecule has 4 heteroatoms. The van der Waals surface area contributed by atoms with Gasteiger partial charge in [0.15, 0.2) is 0 Å². The van der Waals surface area contributed by atoms with Crippen LogP contribution in [0.4, 0.5) is 0 Å². The molecule has 0 N–H and O–H groups in total. The van der Waals surface area contributed by atoms with Crippen molar-refractivity contribution in [3.8, 4) is 0 Å². The van der Waals surface area contributed by atoms with E-state index in [-0.39, 0.29) is 4.83 Å². The van der Waals surface area contributed by atoms with Crippen molar-refractivity contribution in [1.29, 1.82) is 0 Å². The van der Waals surface area contributed by atoms with Gasteiger partial charge in [0.05, 0.1) is 4.83 Å². The molecule has 0 aliphatic rings. The van der Waals surface area contributed by atoms with Crippen LogP contribution < -0.4 is 0 Å². The quantitative estimate of drug-likeness (QED) is 0.402. The van der Waals surface area contributed by atoms with E-state index in [4.69, 9.17) is 0 Å². The Hall–Kier alpha value is 0.360. The van der Waals surface area contributed by atoms with Crippen LogP contribution in [0.5, 0.6) is 0 Å². The van der Waals surface area contributed by atoms with Crippen LogP contribution in [0.15, 0.2) is 49.8 Å². The summed E-state index contributed by atoms with van der Waals surface area (Å²) in [5, 5.41) is 0. The maximum atomic E-state index is 3.77. The van der Waals surface area contributed by atoms with Gasteiger partial charge in [0.2, 0.25) is 0 Å². The lowest BCUT2D eigenvalue weighted by Gasteiger charge is -2.14. The summed E-state index contributed by atoms with van der Waals surface area (Å²) in [7, 11) is 0. The van der Waals surface area contributed by atoms with Crippen molar-refractivity contribution in [2.45, 2.75) is 11.8 Å². The maximum Gasteiger partial charge on any atom is 0.0656 e. The molecule has 0 amide bonds. The molecule has 0 aromatic heterocycles. The van der Waals surface area contributed by atoms with Crippen molar-refractivity contribution in [1.82, 2.24) is 0 Å². The number of alkyl halides is 1. The van der Waals surface area contributed by atoms with Gasteiger partial charge in [-0.25, -0.2) is 0 Å². The lowest BCUT2D eigenvalue weighted by atomic mass is 10.0. The van der Waals surface area contributed by atoms with Gasteiger partial charge in [0, 0.05) is 13.4 Å². The first kappa shape index (κ1) is 14.8. The Balaban J connectivity index is 2.44. The predicted octanol–water partition coefficient (Wildman–Crippen LogP) is 6.77. The van der Waals surface area contributed by atoms with E-state index in [9.17, 15) is 0 Å². The van der Waals surface area contributed by atoms with Crippen molar-refractivity contribution >= 4 is 63.7 Å². The zero-order chi connectivity index (χ0) is 13.3. The van der Waals surface area contributed by atoms with E-state index >= 15 is 0 Å². The first-order valence-corrected chi connectivity index (χ1v) is 8.63. The Morgan fingerprint density at radius 2 is 1.61 bits per heavy atom. The lowest BCUT2D eigenvalue weighted by Crippen LogP contribution is -1.95. The fourth-order valence-corrected chi connectivity index (χ4v) is 3.88. The van der Waals surface area contributed by atoms with Crippen LogP contribution in [0, 0.1) is 6.92 Å². The molecular formula is C14H10Br4. The van der Waals surface area contributed by atoms with E-state index < -0.39 is 0 Å². The first-order chi connectivity index (χ1) is 8.49. The highest BCUT2D eigenvalue weighted by atomic mass is 79.9. The van der Waals surface area contributed by atoms with Gasteiger partial charge in [-0.1, -0.05) is 75.9 Å². The molecular weight excluding hydrogens is 488 g/mol. The van der Waals surface area contributed by atoms with E-state index in [0.717, 1.165) is 13.4 Å². The molecule has 0 radical (unpaired) electrons. The van der Waals surface area contributed by atoms with Gasteiger partial charge in [-0.05, 0) is 47.9 Å². The second-order valence-electron chi connectivity index (χ2n) is 4.04. The molecule has 18 heavy (non-hydrogen) atoms. The fourth-order valence-electron chi connectivity index (χ4n) is 1.66. The maximum absolute atomic E-state index is 3.77. The smallest absolute Gasteiger partial charge is 0.0656 e. The highest BCUT2D eigenvalue weighted by Crippen LogP contribution is 2.38. The second kappa shape index (κ2) is 6.21. The zero-order valence-corrected chi connectivity index (χ0v) is 15.9. The molecule has 0 aliphatic heterocycles. The molecule has 0 spiro atoms. The average Bonchev–Trinajstić information content (AvgIpc) is 2.35. The van der Waals surface area contributed by atoms with Gasteiger partial charge < -0.3 is 0 Å². The standard InChI is InChI=1S/C14H10Br4/c1-8-2-3-9(6-13(8)17)14(18)11-7-10(15)4-5-12(11)16/h2-7,14H,1H3. The summed E-state index contributed by atoms with van der Waals surface area (Å²) >= 11 is 14.5. The van der Waals surface area contributed by atoms with Gasteiger partial charge in [0.25, 0.3) is 0 Å². The van der Waals surface area contributed by atoms with Crippen molar-refractivity contribution < 1.29 is 0 Å². The predicted molar refractivity (Wildman–Crippen MR) is 91.5 cm³/mol. The van der Waals surface area contributed by atoms with Gasteiger partial charge in [-0.2, -0.15) is 0 Å². The van der Waals surface area contributed by atoms with E-state index in [0.29, 0.717) is 0 Å². The Morgan fingerprint density at radius 3 is 2.28 bits per heavy atom. The molecule has 1 unspecified atom stereocenters. The van der Waals surface area contributed by atoms with Crippen LogP contribution in [0.2, 0.25) is 0 Å². The Kier molecular flexibility index (Phi) is 5.09. The molecule has 0 fully saturated rings. The largest absolute Gasteiger partial charge is 0.0786 e. The summed E-state index contributed by atoms with van der Waals surface area (Å²) in [6, 6.07) is 12.6. The first-order valence-electron chi connectivity index (χ1n) is 5.34. The molecule has 0 aliphatic carbocycles. The Labute approximate surface area is 141 Å². The summed E-state index contributed by atoms with van der Waals surface area (Å²) in [5.41, 5.74) is 3.68. The minimum Gasteiger partial charge on any atom is -0.0786 e. The molecule has 0 saturated heterocycles. The fraction of sp³-hybridized carbons (Fsp3) is 0.143. The molecule has 94 valence electrons. The number of aryl methyl sites for hydroxylation is 1. The molecule has 1 atom stereocenters. The molecule has 0 bridgehead atoms. The Bertz CT molecular complexity index is 578. The number of hydrogen-bond acceptors (Lipinski definition) is 0. The normalized spacial score (nSPS) is 12.5. The molecule has 2 aromatic rings. The number of benzene rings is 2. The minimum atomic E-state index is 0.168. The van der Waals surface area contributed by atoms with Crippen molar-refractivity contribution in [3.63, 3.8) is 0 Å². The van der Waals surface area contributed by atoms with E-state index in [1.807, 2.05) is 6.07 Å². The average molecular weight is 498 g/mol. The molecule has 2 rings (SSSR count). The third kappa shape index (κ3) is 3.27. The molecule has 0 heterocycles. The van der Waals surface area contributed by atoms with Crippen molar-refractivity contribution in [2.24, 2.45) is 0 Å². The van der Waals surface area contributed by atoms with Crippen LogP contribution in [0.25, 0.3) is 0 Å². The number of hydrogen-bond donors (Lipinski definition) is 0. The van der Waals surface area contributed by atoms with Crippen LogP contribution in [0.3, 0.4) is 0 Å². The second-order valence-corrected chi connectivity index (χ2v) is 7.58. The summed E-state index contributed by atoms with van der Waals surface area (Å²) in [4.78, 5) is 0.168. The molecule has 0 nitrogen and oxygen atoms in total. The molecule has 0 saturated carbocycles. The summed E-state index contributed by atoms with van der Waals surface area (Å²) in [5.74, 6) is 0. The van der Waals surface area contributed by atoms with E-state index in [1.165, 1.54) is 16.7 Å². The monoisotopic (exact) mass is 494 g/mol. The summed E-state index contributed by atoms with van der Waals surface area (Å²) in [6.07, 6.45) is 0. The Morgan fingerprint density at radius 1 is 0.889 bits per heavy atom. The highest BCUT2D eigenvalue weighted by Gasteiger charge is 2.14. The lowest BCUT2D eigenvalue weighted by molar-refractivity contribution is 1.15. The zero-order valence-electron chi connectivity index (χ0n) is 9.55. The third-order valence-corrected chi connectivity index (χ3v) is 5.81. The summed E-state index contributed by atoms with van der Waals surface area (Å²) in [6.45, 7) is 2.09.